The Labute approximate surface area is 329 Å². The lowest BCUT2D eigenvalue weighted by atomic mass is 9.98. The molecule has 0 amide bonds. The van der Waals surface area contributed by atoms with E-state index >= 15 is 0 Å². The van der Waals surface area contributed by atoms with E-state index in [1.807, 2.05) is 0 Å². The van der Waals surface area contributed by atoms with Crippen LogP contribution in [0.3, 0.4) is 0 Å². The molecule has 0 radical (unpaired) electrons. The van der Waals surface area contributed by atoms with Gasteiger partial charge in [0.25, 0.3) is 0 Å². The average Bonchev–Trinajstić information content (AvgIpc) is 3.16. The van der Waals surface area contributed by atoms with Gasteiger partial charge in [0.15, 0.2) is 6.10 Å². The van der Waals surface area contributed by atoms with E-state index in [-0.39, 0.29) is 31.1 Å². The zero-order chi connectivity index (χ0) is 38.9. The molecule has 0 rings (SSSR count). The van der Waals surface area contributed by atoms with Crippen LogP contribution in [0, 0.1) is 5.92 Å². The predicted molar refractivity (Wildman–Crippen MR) is 224 cm³/mol. The zero-order valence-electron chi connectivity index (χ0n) is 36.0. The molecule has 0 fully saturated rings. The smallest absolute Gasteiger partial charge is 0.306 e. The van der Waals surface area contributed by atoms with Crippen LogP contribution in [-0.2, 0) is 28.6 Å². The number of carbonyl (C=O) groups is 3. The van der Waals surface area contributed by atoms with Gasteiger partial charge in [0.1, 0.15) is 13.2 Å². The highest BCUT2D eigenvalue weighted by Gasteiger charge is 2.20. The van der Waals surface area contributed by atoms with Gasteiger partial charge in [-0.1, -0.05) is 220 Å². The van der Waals surface area contributed by atoms with Crippen LogP contribution in [0.5, 0.6) is 0 Å². The fourth-order valence-corrected chi connectivity index (χ4v) is 7.18. The van der Waals surface area contributed by atoms with Crippen LogP contribution < -0.4 is 0 Å². The summed E-state index contributed by atoms with van der Waals surface area (Å²) in [7, 11) is 0. The maximum atomic E-state index is 12.7. The second kappa shape index (κ2) is 41.6. The van der Waals surface area contributed by atoms with Crippen LogP contribution >= 0.6 is 0 Å². The molecule has 1 atom stereocenters. The minimum absolute atomic E-state index is 0.0675. The third kappa shape index (κ3) is 38.5. The molecule has 0 aromatic rings. The Morgan fingerprint density at radius 2 is 0.642 bits per heavy atom. The zero-order valence-corrected chi connectivity index (χ0v) is 36.0. The number of unbranched alkanes of at least 4 members (excludes halogenated alkanes) is 28. The fraction of sp³-hybridized carbons (Fsp3) is 0.936. The summed E-state index contributed by atoms with van der Waals surface area (Å²) in [6.07, 6.45) is 41.5. The van der Waals surface area contributed by atoms with E-state index in [4.69, 9.17) is 14.2 Å². The molecule has 0 aliphatic carbocycles. The molecular formula is C47H90O6. The van der Waals surface area contributed by atoms with Crippen molar-refractivity contribution in [3.63, 3.8) is 0 Å². The second-order valence-corrected chi connectivity index (χ2v) is 16.1. The van der Waals surface area contributed by atoms with E-state index in [0.717, 1.165) is 57.8 Å². The van der Waals surface area contributed by atoms with Crippen LogP contribution in [0.4, 0.5) is 0 Å². The number of ether oxygens (including phenoxy) is 3. The van der Waals surface area contributed by atoms with Gasteiger partial charge in [0, 0.05) is 19.3 Å². The molecule has 0 N–H and O–H groups in total. The number of rotatable bonds is 42. The molecule has 0 bridgehead atoms. The number of hydrogen-bond donors (Lipinski definition) is 0. The van der Waals surface area contributed by atoms with Crippen molar-refractivity contribution in [1.29, 1.82) is 0 Å². The Balaban J connectivity index is 4.20. The van der Waals surface area contributed by atoms with Crippen LogP contribution in [0.15, 0.2) is 0 Å². The molecule has 0 aliphatic heterocycles. The first-order valence-corrected chi connectivity index (χ1v) is 23.5. The molecule has 0 heterocycles. The maximum absolute atomic E-state index is 12.7. The average molecular weight is 751 g/mol. The summed E-state index contributed by atoms with van der Waals surface area (Å²) < 4.78 is 16.7. The highest BCUT2D eigenvalue weighted by atomic mass is 16.6. The van der Waals surface area contributed by atoms with Crippen LogP contribution in [0.2, 0.25) is 0 Å². The van der Waals surface area contributed by atoms with Gasteiger partial charge in [-0.2, -0.15) is 0 Å². The molecule has 0 saturated heterocycles. The summed E-state index contributed by atoms with van der Waals surface area (Å²) >= 11 is 0. The van der Waals surface area contributed by atoms with Crippen molar-refractivity contribution in [3.8, 4) is 0 Å². The number of carbonyl (C=O) groups excluding carboxylic acids is 3. The van der Waals surface area contributed by atoms with Gasteiger partial charge in [-0.15, -0.1) is 0 Å². The summed E-state index contributed by atoms with van der Waals surface area (Å²) in [5.74, 6) is -0.365. The van der Waals surface area contributed by atoms with Crippen molar-refractivity contribution >= 4 is 17.9 Å². The first kappa shape index (κ1) is 51.4. The molecule has 6 nitrogen and oxygen atoms in total. The van der Waals surface area contributed by atoms with E-state index in [1.54, 1.807) is 0 Å². The number of esters is 3. The van der Waals surface area contributed by atoms with Crippen molar-refractivity contribution in [3.05, 3.63) is 0 Å². The largest absolute Gasteiger partial charge is 0.462 e. The summed E-state index contributed by atoms with van der Waals surface area (Å²) in [6.45, 7) is 8.69. The minimum Gasteiger partial charge on any atom is -0.462 e. The lowest BCUT2D eigenvalue weighted by molar-refractivity contribution is -0.167. The molecule has 0 aliphatic rings. The van der Waals surface area contributed by atoms with E-state index in [2.05, 4.69) is 27.7 Å². The van der Waals surface area contributed by atoms with Crippen molar-refractivity contribution in [2.75, 3.05) is 13.2 Å². The van der Waals surface area contributed by atoms with Crippen molar-refractivity contribution in [1.82, 2.24) is 0 Å². The van der Waals surface area contributed by atoms with Gasteiger partial charge in [0.2, 0.25) is 0 Å². The second-order valence-electron chi connectivity index (χ2n) is 16.1. The Kier molecular flexibility index (Phi) is 40.3. The van der Waals surface area contributed by atoms with E-state index < -0.39 is 6.10 Å². The molecule has 314 valence electrons. The molecular weight excluding hydrogens is 661 g/mol. The molecule has 1 unspecified atom stereocenters. The van der Waals surface area contributed by atoms with E-state index in [1.165, 1.54) is 154 Å². The van der Waals surface area contributed by atoms with Gasteiger partial charge in [-0.25, -0.2) is 0 Å². The number of hydrogen-bond acceptors (Lipinski definition) is 6. The molecule has 6 heteroatoms. The van der Waals surface area contributed by atoms with Gasteiger partial charge in [-0.05, 0) is 25.2 Å². The summed E-state index contributed by atoms with van der Waals surface area (Å²) in [5.41, 5.74) is 0. The van der Waals surface area contributed by atoms with Crippen LogP contribution in [0.25, 0.3) is 0 Å². The highest BCUT2D eigenvalue weighted by molar-refractivity contribution is 5.71. The first-order chi connectivity index (χ1) is 26.0. The van der Waals surface area contributed by atoms with Gasteiger partial charge < -0.3 is 14.2 Å². The van der Waals surface area contributed by atoms with Crippen molar-refractivity contribution in [2.24, 2.45) is 5.92 Å². The van der Waals surface area contributed by atoms with Gasteiger partial charge >= 0.3 is 17.9 Å². The lowest BCUT2D eigenvalue weighted by Crippen LogP contribution is -2.31. The summed E-state index contributed by atoms with van der Waals surface area (Å²) in [6, 6.07) is 0. The molecule has 0 aromatic heterocycles. The first-order valence-electron chi connectivity index (χ1n) is 23.5. The third-order valence-corrected chi connectivity index (χ3v) is 11.0. The van der Waals surface area contributed by atoms with Crippen LogP contribution in [0.1, 0.15) is 259 Å². The quantitative estimate of drug-likeness (QED) is 0.0351. The summed E-state index contributed by atoms with van der Waals surface area (Å²) in [4.78, 5) is 37.6. The fourth-order valence-electron chi connectivity index (χ4n) is 7.18. The Morgan fingerprint density at radius 1 is 0.358 bits per heavy atom. The summed E-state index contributed by atoms with van der Waals surface area (Å²) in [5, 5.41) is 0. The standard InChI is InChI=1S/C47H90O6/c1-5-9-11-13-15-17-19-21-23-25-27-29-31-33-35-37-45(48)51-41-44(42-52-46(49)40-39-43(7-3)8-4)53-47(50)38-36-34-32-30-28-26-24-22-20-18-16-14-12-10-6-2/h43-44H,5-42H2,1-4H3. The maximum Gasteiger partial charge on any atom is 0.306 e. The van der Waals surface area contributed by atoms with Crippen molar-refractivity contribution in [2.45, 2.75) is 265 Å². The Morgan fingerprint density at radius 3 is 0.962 bits per heavy atom. The minimum atomic E-state index is -0.763. The van der Waals surface area contributed by atoms with Crippen LogP contribution in [-0.4, -0.2) is 37.2 Å². The normalized spacial score (nSPS) is 11.9. The van der Waals surface area contributed by atoms with Crippen molar-refractivity contribution < 1.29 is 28.6 Å². The Hall–Kier alpha value is -1.59. The van der Waals surface area contributed by atoms with Gasteiger partial charge in [0.05, 0.1) is 0 Å². The molecule has 0 saturated carbocycles. The van der Waals surface area contributed by atoms with E-state index in [0.29, 0.717) is 25.2 Å². The third-order valence-electron chi connectivity index (χ3n) is 11.0. The monoisotopic (exact) mass is 751 g/mol. The highest BCUT2D eigenvalue weighted by Crippen LogP contribution is 2.17. The topological polar surface area (TPSA) is 78.9 Å². The lowest BCUT2D eigenvalue weighted by Gasteiger charge is -2.19. The SMILES string of the molecule is CCCCCCCCCCCCCCCCCC(=O)OCC(COC(=O)CCC(CC)CC)OC(=O)CCCCCCCCCCCCCCCCC. The Bertz CT molecular complexity index is 794. The van der Waals surface area contributed by atoms with Gasteiger partial charge in [-0.3, -0.25) is 14.4 Å². The molecule has 53 heavy (non-hydrogen) atoms. The van der Waals surface area contributed by atoms with E-state index in [9.17, 15) is 14.4 Å². The molecule has 0 spiro atoms. The predicted octanol–water partition coefficient (Wildman–Crippen LogP) is 14.7. The molecule has 0 aromatic carbocycles.